The number of amides is 2. The Morgan fingerprint density at radius 2 is 1.78 bits per heavy atom. The molecular weight excluding hydrogens is 462 g/mol. The first-order valence-electron chi connectivity index (χ1n) is 12.1. The fourth-order valence-corrected chi connectivity index (χ4v) is 3.89. The summed E-state index contributed by atoms with van der Waals surface area (Å²) in [7, 11) is 0. The van der Waals surface area contributed by atoms with Crippen LogP contribution in [0.25, 0.3) is 11.1 Å². The highest BCUT2D eigenvalue weighted by Gasteiger charge is 2.22. The number of fused-ring (bicyclic) bond motifs is 1. The quantitative estimate of drug-likeness (QED) is 0.275. The Bertz CT molecular complexity index is 1310. The number of ketones is 2. The Morgan fingerprint density at radius 3 is 2.53 bits per heavy atom. The number of aromatic nitrogens is 1. The van der Waals surface area contributed by atoms with E-state index in [-0.39, 0.29) is 18.1 Å². The SMILES string of the molecule is CCC(=O)CCCCCC(NC(=O)Cn1c(=O)oc2ccccc21)C(=O)Nc1cccc(C(C)=O)c1. The van der Waals surface area contributed by atoms with Crippen molar-refractivity contribution in [3.05, 3.63) is 64.6 Å². The molecule has 9 heteroatoms. The summed E-state index contributed by atoms with van der Waals surface area (Å²) in [6.07, 6.45) is 3.42. The smallest absolute Gasteiger partial charge is 0.408 e. The van der Waals surface area contributed by atoms with Crippen molar-refractivity contribution in [3.8, 4) is 0 Å². The van der Waals surface area contributed by atoms with E-state index in [2.05, 4.69) is 10.6 Å². The highest BCUT2D eigenvalue weighted by Crippen LogP contribution is 2.15. The Morgan fingerprint density at radius 1 is 1.00 bits per heavy atom. The number of nitrogens with zero attached hydrogens (tertiary/aromatic N) is 1. The van der Waals surface area contributed by atoms with Gasteiger partial charge in [0.1, 0.15) is 18.4 Å². The van der Waals surface area contributed by atoms with Crippen LogP contribution in [0.15, 0.2) is 57.7 Å². The molecule has 0 aliphatic carbocycles. The van der Waals surface area contributed by atoms with E-state index in [1.807, 2.05) is 6.92 Å². The molecule has 0 radical (unpaired) electrons. The molecule has 1 unspecified atom stereocenters. The summed E-state index contributed by atoms with van der Waals surface area (Å²) in [5.41, 5.74) is 1.76. The molecule has 0 aliphatic rings. The van der Waals surface area contributed by atoms with Crippen LogP contribution < -0.4 is 16.4 Å². The summed E-state index contributed by atoms with van der Waals surface area (Å²) < 4.78 is 6.39. The first kappa shape index (κ1) is 26.6. The average Bonchev–Trinajstić information content (AvgIpc) is 3.17. The van der Waals surface area contributed by atoms with E-state index in [1.165, 1.54) is 11.5 Å². The van der Waals surface area contributed by atoms with Gasteiger partial charge < -0.3 is 15.1 Å². The van der Waals surface area contributed by atoms with Gasteiger partial charge in [0.2, 0.25) is 11.8 Å². The number of carbonyl (C=O) groups is 4. The van der Waals surface area contributed by atoms with Crippen molar-refractivity contribution in [1.29, 1.82) is 0 Å². The lowest BCUT2D eigenvalue weighted by Crippen LogP contribution is -2.45. The van der Waals surface area contributed by atoms with E-state index >= 15 is 0 Å². The van der Waals surface area contributed by atoms with E-state index < -0.39 is 23.6 Å². The van der Waals surface area contributed by atoms with Crippen LogP contribution in [0.4, 0.5) is 5.69 Å². The molecule has 0 bridgehead atoms. The minimum Gasteiger partial charge on any atom is -0.408 e. The van der Waals surface area contributed by atoms with E-state index in [4.69, 9.17) is 4.42 Å². The van der Waals surface area contributed by atoms with Crippen LogP contribution in [0.5, 0.6) is 0 Å². The van der Waals surface area contributed by atoms with Crippen LogP contribution in [-0.4, -0.2) is 34.0 Å². The number of benzene rings is 2. The predicted octanol–water partition coefficient (Wildman–Crippen LogP) is 3.85. The number of unbranched alkanes of at least 4 members (excludes halogenated alkanes) is 2. The molecule has 1 atom stereocenters. The molecule has 0 saturated heterocycles. The molecule has 0 fully saturated rings. The molecule has 1 aromatic heterocycles. The zero-order chi connectivity index (χ0) is 26.1. The van der Waals surface area contributed by atoms with Crippen LogP contribution in [0.2, 0.25) is 0 Å². The zero-order valence-corrected chi connectivity index (χ0v) is 20.5. The van der Waals surface area contributed by atoms with Crippen molar-refractivity contribution in [1.82, 2.24) is 9.88 Å². The lowest BCUT2D eigenvalue weighted by Gasteiger charge is -2.19. The molecule has 9 nitrogen and oxygen atoms in total. The molecule has 2 aromatic carbocycles. The van der Waals surface area contributed by atoms with Crippen LogP contribution in [0.1, 0.15) is 62.7 Å². The summed E-state index contributed by atoms with van der Waals surface area (Å²) >= 11 is 0. The van der Waals surface area contributed by atoms with Gasteiger partial charge in [-0.1, -0.05) is 44.0 Å². The molecule has 36 heavy (non-hydrogen) atoms. The summed E-state index contributed by atoms with van der Waals surface area (Å²) in [6, 6.07) is 12.5. The number of carbonyl (C=O) groups excluding carboxylic acids is 4. The first-order valence-corrected chi connectivity index (χ1v) is 12.1. The number of Topliss-reactive ketones (excluding diaryl/α,β-unsaturated/α-hetero) is 2. The minimum absolute atomic E-state index is 0.129. The van der Waals surface area contributed by atoms with Crippen LogP contribution >= 0.6 is 0 Å². The van der Waals surface area contributed by atoms with Gasteiger partial charge in [0.25, 0.3) is 0 Å². The standard InChI is InChI=1S/C27H31N3O6/c1-3-21(32)12-5-4-6-13-22(26(34)28-20-11-9-10-19(16-20)18(2)31)29-25(33)17-30-23-14-7-8-15-24(23)36-27(30)35/h7-11,14-16,22H,3-6,12-13,17H2,1-2H3,(H,28,34)(H,29,33). The summed E-state index contributed by atoms with van der Waals surface area (Å²) in [4.78, 5) is 61.4. The highest BCUT2D eigenvalue weighted by atomic mass is 16.4. The van der Waals surface area contributed by atoms with Crippen molar-refractivity contribution >= 4 is 40.2 Å². The normalized spacial score (nSPS) is 11.7. The van der Waals surface area contributed by atoms with Gasteiger partial charge in [-0.3, -0.25) is 23.7 Å². The maximum Gasteiger partial charge on any atom is 0.420 e. The molecule has 0 aliphatic heterocycles. The summed E-state index contributed by atoms with van der Waals surface area (Å²) in [6.45, 7) is 2.97. The second-order valence-electron chi connectivity index (χ2n) is 8.66. The Hall–Kier alpha value is -4.01. The molecule has 1 heterocycles. The minimum atomic E-state index is -0.866. The molecule has 3 rings (SSSR count). The van der Waals surface area contributed by atoms with E-state index in [0.29, 0.717) is 54.5 Å². The van der Waals surface area contributed by atoms with Crippen LogP contribution in [0, 0.1) is 0 Å². The maximum atomic E-state index is 13.1. The van der Waals surface area contributed by atoms with Gasteiger partial charge in [0, 0.05) is 24.1 Å². The number of rotatable bonds is 13. The highest BCUT2D eigenvalue weighted by molar-refractivity contribution is 5.99. The first-order chi connectivity index (χ1) is 17.3. The van der Waals surface area contributed by atoms with E-state index in [9.17, 15) is 24.0 Å². The van der Waals surface area contributed by atoms with Crippen LogP contribution in [0.3, 0.4) is 0 Å². The van der Waals surface area contributed by atoms with Crippen molar-refractivity contribution in [3.63, 3.8) is 0 Å². The van der Waals surface area contributed by atoms with Crippen LogP contribution in [-0.2, 0) is 20.9 Å². The van der Waals surface area contributed by atoms with Gasteiger partial charge in [0.05, 0.1) is 5.52 Å². The molecule has 190 valence electrons. The van der Waals surface area contributed by atoms with E-state index in [1.54, 1.807) is 48.5 Å². The number of hydrogen-bond donors (Lipinski definition) is 2. The fourth-order valence-electron chi connectivity index (χ4n) is 3.89. The number of hydrogen-bond acceptors (Lipinski definition) is 6. The van der Waals surface area contributed by atoms with Gasteiger partial charge in [0.15, 0.2) is 11.4 Å². The van der Waals surface area contributed by atoms with Gasteiger partial charge in [-0.15, -0.1) is 0 Å². The summed E-state index contributed by atoms with van der Waals surface area (Å²) in [5.74, 6) is -1.54. The second-order valence-corrected chi connectivity index (χ2v) is 8.66. The summed E-state index contributed by atoms with van der Waals surface area (Å²) in [5, 5.41) is 5.49. The fraction of sp³-hybridized carbons (Fsp3) is 0.370. The molecule has 0 saturated carbocycles. The molecular formula is C27H31N3O6. The van der Waals surface area contributed by atoms with Crippen molar-refractivity contribution in [2.45, 2.75) is 65.0 Å². The molecule has 2 amide bonds. The average molecular weight is 494 g/mol. The third kappa shape index (κ3) is 7.24. The van der Waals surface area contributed by atoms with Crippen molar-refractivity contribution in [2.24, 2.45) is 0 Å². The Balaban J connectivity index is 1.69. The van der Waals surface area contributed by atoms with Gasteiger partial charge in [-0.2, -0.15) is 0 Å². The van der Waals surface area contributed by atoms with Gasteiger partial charge in [-0.05, 0) is 44.0 Å². The molecule has 0 spiro atoms. The Kier molecular flexibility index (Phi) is 9.32. The lowest BCUT2D eigenvalue weighted by molar-refractivity contribution is -0.127. The van der Waals surface area contributed by atoms with Gasteiger partial charge in [-0.25, -0.2) is 4.79 Å². The third-order valence-electron chi connectivity index (χ3n) is 5.91. The van der Waals surface area contributed by atoms with Crippen molar-refractivity contribution < 1.29 is 23.6 Å². The third-order valence-corrected chi connectivity index (χ3v) is 5.91. The predicted molar refractivity (Wildman–Crippen MR) is 136 cm³/mol. The number of oxazole rings is 1. The molecule has 3 aromatic rings. The van der Waals surface area contributed by atoms with Crippen molar-refractivity contribution in [2.75, 3.05) is 5.32 Å². The topological polar surface area (TPSA) is 127 Å². The molecule has 2 N–H and O–H groups in total. The Labute approximate surface area is 208 Å². The number of anilines is 1. The lowest BCUT2D eigenvalue weighted by atomic mass is 10.0. The maximum absolute atomic E-state index is 13.1. The second kappa shape index (κ2) is 12.6. The monoisotopic (exact) mass is 493 g/mol. The zero-order valence-electron chi connectivity index (χ0n) is 20.5. The van der Waals surface area contributed by atoms with E-state index in [0.717, 1.165) is 6.42 Å². The number of nitrogens with one attached hydrogen (secondary N) is 2. The number of para-hydroxylation sites is 2. The van der Waals surface area contributed by atoms with Gasteiger partial charge >= 0.3 is 5.76 Å². The largest absolute Gasteiger partial charge is 0.420 e.